The molecule has 4 rings (SSSR count). The highest BCUT2D eigenvalue weighted by molar-refractivity contribution is 9.10. The van der Waals surface area contributed by atoms with Gasteiger partial charge in [-0.05, 0) is 57.5 Å². The van der Waals surface area contributed by atoms with E-state index in [1.807, 2.05) is 28.8 Å². The first-order valence-corrected chi connectivity index (χ1v) is 10.3. The van der Waals surface area contributed by atoms with Crippen molar-refractivity contribution in [2.75, 3.05) is 0 Å². The van der Waals surface area contributed by atoms with E-state index in [4.69, 9.17) is 4.65 Å². The average Bonchev–Trinajstić information content (AvgIpc) is 3.27. The van der Waals surface area contributed by atoms with Crippen LogP contribution in [-0.2, 0) is 24.7 Å². The molecule has 6 nitrogen and oxygen atoms in total. The maximum atomic E-state index is 12.7. The third-order valence-electron chi connectivity index (χ3n) is 4.57. The van der Waals surface area contributed by atoms with Crippen molar-refractivity contribution in [2.24, 2.45) is 13.0 Å². The predicted octanol–water partition coefficient (Wildman–Crippen LogP) is 3.23. The molecule has 0 saturated heterocycles. The zero-order valence-corrected chi connectivity index (χ0v) is 18.6. The highest BCUT2D eigenvalue weighted by Crippen LogP contribution is 2.22. The second kappa shape index (κ2) is 9.23. The summed E-state index contributed by atoms with van der Waals surface area (Å²) in [6.07, 6.45) is 6.73. The Morgan fingerprint density at radius 1 is 1.34 bits per heavy atom. The van der Waals surface area contributed by atoms with Crippen LogP contribution in [0.3, 0.4) is 0 Å². The highest BCUT2D eigenvalue weighted by Gasteiger charge is 2.32. The van der Waals surface area contributed by atoms with Crippen LogP contribution in [0.1, 0.15) is 43.6 Å². The summed E-state index contributed by atoms with van der Waals surface area (Å²) in [5.74, 6) is 0.325. The molecule has 154 valence electrons. The Hall–Kier alpha value is -1.97. The molecule has 1 atom stereocenters. The van der Waals surface area contributed by atoms with E-state index >= 15 is 0 Å². The van der Waals surface area contributed by atoms with Crippen LogP contribution in [0.5, 0.6) is 0 Å². The Balaban J connectivity index is 0.000000176. The van der Waals surface area contributed by atoms with Gasteiger partial charge < -0.3 is 9.68 Å². The Morgan fingerprint density at radius 2 is 2.10 bits per heavy atom. The summed E-state index contributed by atoms with van der Waals surface area (Å²) in [6.45, 7) is 7.14. The molecule has 3 aromatic rings. The van der Waals surface area contributed by atoms with Crippen LogP contribution in [0.4, 0.5) is 4.39 Å². The van der Waals surface area contributed by atoms with Crippen LogP contribution in [0, 0.1) is 11.7 Å². The average molecular weight is 463 g/mol. The Bertz CT molecular complexity index is 975. The van der Waals surface area contributed by atoms with Gasteiger partial charge in [-0.25, -0.2) is 4.39 Å². The molecule has 0 unspecified atom stereocenters. The Morgan fingerprint density at radius 3 is 2.76 bits per heavy atom. The maximum absolute atomic E-state index is 12.7. The van der Waals surface area contributed by atoms with E-state index in [-0.39, 0.29) is 11.9 Å². The third kappa shape index (κ3) is 5.55. The van der Waals surface area contributed by atoms with Crippen molar-refractivity contribution in [1.82, 2.24) is 19.6 Å². The number of hydrogen-bond donors (Lipinski definition) is 1. The summed E-state index contributed by atoms with van der Waals surface area (Å²) in [7, 11) is 1.03. The van der Waals surface area contributed by atoms with Crippen LogP contribution in [0.15, 0.2) is 41.4 Å². The first kappa shape index (κ1) is 21.7. The largest absolute Gasteiger partial charge is 0.491 e. The fourth-order valence-electron chi connectivity index (χ4n) is 3.28. The van der Waals surface area contributed by atoms with Gasteiger partial charge in [-0.15, -0.1) is 0 Å². The minimum atomic E-state index is -0.893. The summed E-state index contributed by atoms with van der Waals surface area (Å²) in [5, 5.41) is 17.9. The van der Waals surface area contributed by atoms with Crippen molar-refractivity contribution in [1.29, 1.82) is 0 Å². The van der Waals surface area contributed by atoms with Gasteiger partial charge in [-0.2, -0.15) is 10.2 Å². The van der Waals surface area contributed by atoms with Crippen LogP contribution >= 0.6 is 15.9 Å². The van der Waals surface area contributed by atoms with E-state index in [2.05, 4.69) is 46.2 Å². The fraction of sp³-hybridized carbons (Fsp3) is 0.400. The van der Waals surface area contributed by atoms with Gasteiger partial charge in [0.05, 0.1) is 12.3 Å². The molecular weight excluding hydrogens is 438 g/mol. The van der Waals surface area contributed by atoms with Gasteiger partial charge in [0.2, 0.25) is 0 Å². The molecule has 0 amide bonds. The molecule has 9 heteroatoms. The number of rotatable bonds is 4. The van der Waals surface area contributed by atoms with E-state index in [9.17, 15) is 9.41 Å². The minimum Gasteiger partial charge on any atom is -0.423 e. The number of halogens is 2. The van der Waals surface area contributed by atoms with Crippen molar-refractivity contribution >= 4 is 28.5 Å². The quantitative estimate of drug-likeness (QED) is 0.604. The Kier molecular flexibility index (Phi) is 6.92. The Labute approximate surface area is 179 Å². The maximum Gasteiger partial charge on any atom is 0.491 e. The van der Waals surface area contributed by atoms with Gasteiger partial charge in [0.25, 0.3) is 0 Å². The molecule has 1 aliphatic rings. The van der Waals surface area contributed by atoms with Gasteiger partial charge in [0.15, 0.2) is 0 Å². The van der Waals surface area contributed by atoms with Crippen LogP contribution in [-0.4, -0.2) is 31.7 Å². The molecule has 0 radical (unpaired) electrons. The summed E-state index contributed by atoms with van der Waals surface area (Å²) in [5.41, 5.74) is 3.82. The number of aromatic nitrogens is 4. The molecule has 0 spiro atoms. The first-order chi connectivity index (χ1) is 13.7. The molecular formula is C20H25BBrFN4O2. The SMILES string of the molecule is CC(C)Cn1cc(Cc2cn(C)nc2Br)cn1.C[C@H]1OB(O)c2ccc(F)cc21. The van der Waals surface area contributed by atoms with E-state index < -0.39 is 7.12 Å². The summed E-state index contributed by atoms with van der Waals surface area (Å²) in [6, 6.07) is 4.28. The molecule has 0 fully saturated rings. The van der Waals surface area contributed by atoms with Crippen molar-refractivity contribution in [3.63, 3.8) is 0 Å². The second-order valence-corrected chi connectivity index (χ2v) is 8.42. The topological polar surface area (TPSA) is 65.1 Å². The van der Waals surface area contributed by atoms with Crippen molar-refractivity contribution < 1.29 is 14.1 Å². The standard InChI is InChI=1S/C12H17BrN4.C8H8BFO2/c1-9(2)6-17-7-10(5-14-17)4-11-8-16(3)15-12(11)13;1-5-7-4-6(10)2-3-8(7)9(11)12-5/h5,7-9H,4,6H2,1-3H3;2-5,11H,1H3/t;5-/m.1/s1. The van der Waals surface area contributed by atoms with E-state index in [1.54, 1.807) is 13.0 Å². The summed E-state index contributed by atoms with van der Waals surface area (Å²) < 4.78 is 22.5. The number of benzene rings is 1. The zero-order chi connectivity index (χ0) is 21.1. The number of nitrogens with zero attached hydrogens (tertiary/aromatic N) is 4. The van der Waals surface area contributed by atoms with Crippen LogP contribution < -0.4 is 5.46 Å². The normalized spacial score (nSPS) is 15.4. The predicted molar refractivity (Wildman–Crippen MR) is 114 cm³/mol. The van der Waals surface area contributed by atoms with E-state index in [0.717, 1.165) is 23.1 Å². The van der Waals surface area contributed by atoms with Gasteiger partial charge in [0, 0.05) is 38.0 Å². The third-order valence-corrected chi connectivity index (χ3v) is 5.24. The van der Waals surface area contributed by atoms with Gasteiger partial charge in [-0.1, -0.05) is 19.9 Å². The zero-order valence-electron chi connectivity index (χ0n) is 17.0. The molecule has 1 aliphatic heterocycles. The van der Waals surface area contributed by atoms with Gasteiger partial charge in [0.1, 0.15) is 10.4 Å². The molecule has 2 aromatic heterocycles. The fourth-order valence-corrected chi connectivity index (χ4v) is 3.78. The van der Waals surface area contributed by atoms with Crippen LogP contribution in [0.2, 0.25) is 0 Å². The molecule has 0 bridgehead atoms. The molecule has 1 N–H and O–H groups in total. The van der Waals surface area contributed by atoms with E-state index in [1.165, 1.54) is 23.3 Å². The lowest BCUT2D eigenvalue weighted by molar-refractivity contribution is 0.208. The molecule has 0 saturated carbocycles. The van der Waals surface area contributed by atoms with Crippen molar-refractivity contribution in [3.05, 3.63) is 63.9 Å². The summed E-state index contributed by atoms with van der Waals surface area (Å²) in [4.78, 5) is 0. The van der Waals surface area contributed by atoms with Crippen molar-refractivity contribution in [2.45, 2.75) is 39.8 Å². The highest BCUT2D eigenvalue weighted by atomic mass is 79.9. The number of aryl methyl sites for hydroxylation is 1. The molecule has 0 aliphatic carbocycles. The molecule has 29 heavy (non-hydrogen) atoms. The monoisotopic (exact) mass is 462 g/mol. The lowest BCUT2D eigenvalue weighted by Gasteiger charge is -2.03. The van der Waals surface area contributed by atoms with Crippen LogP contribution in [0.25, 0.3) is 0 Å². The second-order valence-electron chi connectivity index (χ2n) is 7.66. The molecule has 1 aromatic carbocycles. The first-order valence-electron chi connectivity index (χ1n) is 9.55. The number of hydrogen-bond acceptors (Lipinski definition) is 4. The lowest BCUT2D eigenvalue weighted by atomic mass is 9.79. The van der Waals surface area contributed by atoms with E-state index in [0.29, 0.717) is 11.4 Å². The molecule has 3 heterocycles. The lowest BCUT2D eigenvalue weighted by Crippen LogP contribution is -2.27. The van der Waals surface area contributed by atoms with Gasteiger partial charge in [-0.3, -0.25) is 9.36 Å². The number of fused-ring (bicyclic) bond motifs is 1. The summed E-state index contributed by atoms with van der Waals surface area (Å²) >= 11 is 3.46. The smallest absolute Gasteiger partial charge is 0.423 e. The van der Waals surface area contributed by atoms with Crippen molar-refractivity contribution in [3.8, 4) is 0 Å². The van der Waals surface area contributed by atoms with Gasteiger partial charge >= 0.3 is 7.12 Å². The minimum absolute atomic E-state index is 0.217.